The van der Waals surface area contributed by atoms with Crippen molar-refractivity contribution in [3.05, 3.63) is 211 Å². The number of benzene rings is 6. The number of H-pyrrole nitrogens is 1. The van der Waals surface area contributed by atoms with E-state index in [1.54, 1.807) is 0 Å². The van der Waals surface area contributed by atoms with Crippen LogP contribution in [0.5, 0.6) is 0 Å². The van der Waals surface area contributed by atoms with Gasteiger partial charge in [-0.3, -0.25) is 14.8 Å². The third kappa shape index (κ3) is 7.66. The smallest absolute Gasteiger partial charge is 0.0880 e. The Morgan fingerprint density at radius 1 is 0.706 bits per heavy atom. The first-order chi connectivity index (χ1) is 25.1. The highest BCUT2D eigenvalue weighted by molar-refractivity contribution is 6.03. The molecular formula is C47H40N4. The lowest BCUT2D eigenvalue weighted by atomic mass is 10.0. The summed E-state index contributed by atoms with van der Waals surface area (Å²) in [5.74, 6) is 0. The fourth-order valence-electron chi connectivity index (χ4n) is 6.12. The maximum absolute atomic E-state index is 5.16. The van der Waals surface area contributed by atoms with Gasteiger partial charge in [0, 0.05) is 28.2 Å². The Bertz CT molecular complexity index is 2470. The zero-order valence-corrected chi connectivity index (χ0v) is 28.9. The van der Waals surface area contributed by atoms with Crippen molar-refractivity contribution < 1.29 is 0 Å². The molecule has 0 aliphatic rings. The summed E-state index contributed by atoms with van der Waals surface area (Å²) >= 11 is 0. The second-order valence-corrected chi connectivity index (χ2v) is 12.4. The average Bonchev–Trinajstić information content (AvgIpc) is 3.16. The van der Waals surface area contributed by atoms with Crippen LogP contribution >= 0.6 is 0 Å². The van der Waals surface area contributed by atoms with E-state index in [1.807, 2.05) is 55.5 Å². The number of aromatic amines is 1. The van der Waals surface area contributed by atoms with E-state index >= 15 is 0 Å². The minimum absolute atomic E-state index is 0.861. The highest BCUT2D eigenvalue weighted by Gasteiger charge is 2.13. The Hall–Kier alpha value is -6.65. The number of allylic oxidation sites excluding steroid dienone is 6. The summed E-state index contributed by atoms with van der Waals surface area (Å²) < 4.78 is 2.16. The van der Waals surface area contributed by atoms with Gasteiger partial charge in [0.15, 0.2) is 0 Å². The van der Waals surface area contributed by atoms with Crippen LogP contribution in [0.4, 0.5) is 5.69 Å². The van der Waals surface area contributed by atoms with Crippen LogP contribution in [-0.2, 0) is 0 Å². The zero-order valence-electron chi connectivity index (χ0n) is 28.9. The minimum Gasteiger partial charge on any atom is -0.355 e. The molecule has 0 saturated heterocycles. The number of nitrogens with zero attached hydrogens (tertiary/aromatic N) is 2. The van der Waals surface area contributed by atoms with Gasteiger partial charge >= 0.3 is 0 Å². The number of aromatic nitrogens is 2. The van der Waals surface area contributed by atoms with E-state index in [-0.39, 0.29) is 0 Å². The summed E-state index contributed by atoms with van der Waals surface area (Å²) in [5.41, 5.74) is 12.2. The molecule has 0 fully saturated rings. The lowest BCUT2D eigenvalue weighted by Gasteiger charge is -2.20. The summed E-state index contributed by atoms with van der Waals surface area (Å²) in [6.07, 6.45) is 12.5. The Labute approximate surface area is 299 Å². The van der Waals surface area contributed by atoms with Crippen LogP contribution in [0.25, 0.3) is 44.8 Å². The van der Waals surface area contributed by atoms with Crippen molar-refractivity contribution in [3.63, 3.8) is 0 Å². The largest absolute Gasteiger partial charge is 0.355 e. The first kappa shape index (κ1) is 32.9. The maximum atomic E-state index is 5.16. The van der Waals surface area contributed by atoms with Gasteiger partial charge in [0.2, 0.25) is 0 Å². The summed E-state index contributed by atoms with van der Waals surface area (Å²) in [6, 6.07) is 50.3. The summed E-state index contributed by atoms with van der Waals surface area (Å²) in [6.45, 7) is 8.44. The third-order valence-corrected chi connectivity index (χ3v) is 8.79. The lowest BCUT2D eigenvalue weighted by molar-refractivity contribution is 0.869. The molecule has 1 heterocycles. The monoisotopic (exact) mass is 660 g/mol. The van der Waals surface area contributed by atoms with Gasteiger partial charge in [-0.25, -0.2) is 0 Å². The maximum Gasteiger partial charge on any atom is 0.0880 e. The number of fused-ring (bicyclic) bond motifs is 2. The van der Waals surface area contributed by atoms with Crippen LogP contribution in [0, 0.1) is 0 Å². The van der Waals surface area contributed by atoms with E-state index < -0.39 is 0 Å². The van der Waals surface area contributed by atoms with Crippen LogP contribution in [0.15, 0.2) is 193 Å². The molecule has 2 N–H and O–H groups in total. The zero-order chi connectivity index (χ0) is 35.0. The van der Waals surface area contributed by atoms with Crippen molar-refractivity contribution in [1.82, 2.24) is 9.78 Å². The van der Waals surface area contributed by atoms with Crippen molar-refractivity contribution in [2.24, 2.45) is 4.99 Å². The number of nitrogens with one attached hydrogen (secondary N) is 2. The van der Waals surface area contributed by atoms with Crippen LogP contribution < -0.4 is 5.32 Å². The van der Waals surface area contributed by atoms with E-state index in [0.717, 1.165) is 67.3 Å². The standard InChI is InChI=1S/C47H40N4/c1-4-5-8-25-42(32-41-30-39-22-13-14-23-40(39)33-47(41)51-46-28-16-15-27-44(46)50-51)49-43-26-17-24-38(31-43)35(3)48-45(37-20-11-7-12-21-37)29-34(2)36-18-9-6-10-19-36/h4-33,49-50H,2H2,1,3H3/b5-4-,25-8-,42-32-,45-29-,48-35?. The molecule has 4 heteroatoms. The van der Waals surface area contributed by atoms with E-state index in [4.69, 9.17) is 4.99 Å². The summed E-state index contributed by atoms with van der Waals surface area (Å²) in [4.78, 5) is 5.16. The molecule has 0 amide bonds. The van der Waals surface area contributed by atoms with Crippen molar-refractivity contribution in [2.45, 2.75) is 13.8 Å². The first-order valence-electron chi connectivity index (χ1n) is 17.2. The molecule has 0 atom stereocenters. The van der Waals surface area contributed by atoms with Crippen molar-refractivity contribution in [1.29, 1.82) is 0 Å². The van der Waals surface area contributed by atoms with E-state index in [0.29, 0.717) is 0 Å². The second kappa shape index (κ2) is 15.3. The van der Waals surface area contributed by atoms with Crippen molar-refractivity contribution in [2.75, 3.05) is 5.32 Å². The normalized spacial score (nSPS) is 12.8. The van der Waals surface area contributed by atoms with Gasteiger partial charge in [0.1, 0.15) is 0 Å². The molecule has 1 aromatic heterocycles. The highest BCUT2D eigenvalue weighted by Crippen LogP contribution is 2.30. The molecule has 0 unspecified atom stereocenters. The number of anilines is 1. The van der Waals surface area contributed by atoms with E-state index in [9.17, 15) is 0 Å². The van der Waals surface area contributed by atoms with Gasteiger partial charge in [-0.05, 0) is 95.9 Å². The average molecular weight is 661 g/mol. The summed E-state index contributed by atoms with van der Waals surface area (Å²) in [7, 11) is 0. The molecule has 0 radical (unpaired) electrons. The van der Waals surface area contributed by atoms with E-state index in [2.05, 4.69) is 162 Å². The van der Waals surface area contributed by atoms with Gasteiger partial charge in [-0.1, -0.05) is 134 Å². The van der Waals surface area contributed by atoms with Crippen molar-refractivity contribution >= 4 is 50.6 Å². The molecule has 0 aliphatic carbocycles. The Balaban J connectivity index is 1.25. The van der Waals surface area contributed by atoms with Crippen LogP contribution in [0.3, 0.4) is 0 Å². The molecule has 7 rings (SSSR count). The summed E-state index contributed by atoms with van der Waals surface area (Å²) in [5, 5.41) is 9.60. The fourth-order valence-corrected chi connectivity index (χ4v) is 6.12. The molecule has 51 heavy (non-hydrogen) atoms. The van der Waals surface area contributed by atoms with Gasteiger partial charge in [0.25, 0.3) is 0 Å². The molecule has 0 bridgehead atoms. The topological polar surface area (TPSA) is 45.1 Å². The molecule has 0 saturated carbocycles. The van der Waals surface area contributed by atoms with E-state index in [1.165, 1.54) is 10.8 Å². The number of para-hydroxylation sites is 2. The van der Waals surface area contributed by atoms with Gasteiger partial charge in [-0.15, -0.1) is 0 Å². The molecular weight excluding hydrogens is 621 g/mol. The molecule has 4 nitrogen and oxygen atoms in total. The predicted molar refractivity (Wildman–Crippen MR) is 219 cm³/mol. The Morgan fingerprint density at radius 3 is 2.12 bits per heavy atom. The second-order valence-electron chi connectivity index (χ2n) is 12.4. The van der Waals surface area contributed by atoms with Crippen LogP contribution in [0.1, 0.15) is 36.1 Å². The molecule has 0 spiro atoms. The molecule has 6 aromatic carbocycles. The highest BCUT2D eigenvalue weighted by atomic mass is 15.3. The number of rotatable bonds is 11. The number of aliphatic imine (C=N–C) groups is 1. The van der Waals surface area contributed by atoms with Gasteiger partial charge in [-0.2, -0.15) is 0 Å². The van der Waals surface area contributed by atoms with Gasteiger partial charge < -0.3 is 5.32 Å². The van der Waals surface area contributed by atoms with Crippen LogP contribution in [0.2, 0.25) is 0 Å². The predicted octanol–water partition coefficient (Wildman–Crippen LogP) is 12.3. The first-order valence-corrected chi connectivity index (χ1v) is 17.2. The Morgan fingerprint density at radius 2 is 1.37 bits per heavy atom. The molecule has 0 aliphatic heterocycles. The number of hydrogen-bond acceptors (Lipinski definition) is 2. The fraction of sp³-hybridized carbons (Fsp3) is 0.0426. The third-order valence-electron chi connectivity index (χ3n) is 8.79. The molecule has 248 valence electrons. The minimum atomic E-state index is 0.861. The SMILES string of the molecule is C=C(/C=C(\N=C(C)c1cccc(NC(/C=C\C=C/C)=C\c2cc3ccccc3cc2-n2[nH]c3ccccc32)c1)c1ccccc1)c1ccccc1. The molecule has 7 aromatic rings. The van der Waals surface area contributed by atoms with Crippen LogP contribution in [-0.4, -0.2) is 15.5 Å². The number of hydrogen-bond donors (Lipinski definition) is 2. The Kier molecular flexibility index (Phi) is 9.84. The lowest BCUT2D eigenvalue weighted by Crippen LogP contribution is -2.10. The quantitative estimate of drug-likeness (QED) is 0.105. The van der Waals surface area contributed by atoms with Gasteiger partial charge in [0.05, 0.1) is 22.4 Å². The van der Waals surface area contributed by atoms with Crippen molar-refractivity contribution in [3.8, 4) is 5.69 Å².